The summed E-state index contributed by atoms with van der Waals surface area (Å²) in [5.41, 5.74) is 1.69. The van der Waals surface area contributed by atoms with E-state index in [-0.39, 0.29) is 5.57 Å². The summed E-state index contributed by atoms with van der Waals surface area (Å²) in [5, 5.41) is 2.65. The van der Waals surface area contributed by atoms with Gasteiger partial charge in [-0.05, 0) is 60.5 Å². The third kappa shape index (κ3) is 3.32. The number of carbonyl (C=O) groups is 3. The smallest absolute Gasteiger partial charge is 0.335 e. The molecule has 1 N–H and O–H groups in total. The molecule has 0 atom stereocenters. The number of anilines is 1. The molecule has 0 aromatic heterocycles. The minimum absolute atomic E-state index is 0.135. The van der Waals surface area contributed by atoms with E-state index in [2.05, 4.69) is 5.32 Å². The van der Waals surface area contributed by atoms with Crippen LogP contribution in [0.5, 0.6) is 5.75 Å². The topological polar surface area (TPSA) is 75.7 Å². The number of nitrogens with zero attached hydrogens (tertiary/aromatic N) is 1. The summed E-state index contributed by atoms with van der Waals surface area (Å²) in [6.07, 6.45) is 1.44. The second-order valence-corrected chi connectivity index (χ2v) is 6.10. The van der Waals surface area contributed by atoms with E-state index in [1.165, 1.54) is 18.2 Å². The fourth-order valence-corrected chi connectivity index (χ4v) is 2.77. The minimum atomic E-state index is -0.801. The zero-order valence-corrected chi connectivity index (χ0v) is 14.8. The summed E-state index contributed by atoms with van der Waals surface area (Å²) in [6, 6.07) is 10.6. The van der Waals surface area contributed by atoms with Crippen LogP contribution < -0.4 is 15.0 Å². The standard InChI is InChI=1S/C19H15ClN2O4/c1-11-9-12(3-8-16(11)26-2)10-15-17(23)21-19(25)22(18(15)24)14-6-4-13(20)5-7-14/h3-10H,1-2H3,(H,21,23,25). The molecule has 2 aromatic carbocycles. The molecule has 0 saturated carbocycles. The van der Waals surface area contributed by atoms with Gasteiger partial charge >= 0.3 is 6.03 Å². The van der Waals surface area contributed by atoms with E-state index < -0.39 is 17.8 Å². The second-order valence-electron chi connectivity index (χ2n) is 5.66. The van der Waals surface area contributed by atoms with Gasteiger partial charge in [0.15, 0.2) is 0 Å². The number of hydrogen-bond donors (Lipinski definition) is 1. The number of ether oxygens (including phenoxy) is 1. The Hall–Kier alpha value is -3.12. The number of carbonyl (C=O) groups excluding carboxylic acids is 3. The summed E-state index contributed by atoms with van der Waals surface area (Å²) < 4.78 is 5.20. The highest BCUT2D eigenvalue weighted by molar-refractivity contribution is 6.39. The fraction of sp³-hybridized carbons (Fsp3) is 0.105. The predicted molar refractivity (Wildman–Crippen MR) is 98.2 cm³/mol. The SMILES string of the molecule is COc1ccc(C=C2C(=O)NC(=O)N(c3ccc(Cl)cc3)C2=O)cc1C. The summed E-state index contributed by atoms with van der Waals surface area (Å²) in [6.45, 7) is 1.85. The predicted octanol–water partition coefficient (Wildman–Crippen LogP) is 3.32. The largest absolute Gasteiger partial charge is 0.496 e. The van der Waals surface area contributed by atoms with E-state index >= 15 is 0 Å². The highest BCUT2D eigenvalue weighted by Crippen LogP contribution is 2.25. The fourth-order valence-electron chi connectivity index (χ4n) is 2.64. The van der Waals surface area contributed by atoms with Crippen molar-refractivity contribution in [3.05, 3.63) is 64.2 Å². The molecule has 1 heterocycles. The zero-order valence-electron chi connectivity index (χ0n) is 14.1. The van der Waals surface area contributed by atoms with Crippen LogP contribution in [0.2, 0.25) is 5.02 Å². The van der Waals surface area contributed by atoms with Crippen molar-refractivity contribution >= 4 is 41.2 Å². The van der Waals surface area contributed by atoms with Crippen LogP contribution in [0.4, 0.5) is 10.5 Å². The highest BCUT2D eigenvalue weighted by atomic mass is 35.5. The molecule has 1 aliphatic heterocycles. The lowest BCUT2D eigenvalue weighted by molar-refractivity contribution is -0.122. The maximum atomic E-state index is 12.8. The van der Waals surface area contributed by atoms with Crippen molar-refractivity contribution < 1.29 is 19.1 Å². The van der Waals surface area contributed by atoms with Gasteiger partial charge in [0.2, 0.25) is 0 Å². The van der Waals surface area contributed by atoms with E-state index in [0.29, 0.717) is 22.0 Å². The lowest BCUT2D eigenvalue weighted by Gasteiger charge is -2.26. The molecular formula is C19H15ClN2O4. The Morgan fingerprint density at radius 1 is 1.08 bits per heavy atom. The molecule has 0 aliphatic carbocycles. The Balaban J connectivity index is 1.99. The van der Waals surface area contributed by atoms with Crippen molar-refractivity contribution in [2.24, 2.45) is 0 Å². The summed E-state index contributed by atoms with van der Waals surface area (Å²) in [7, 11) is 1.56. The first-order valence-electron chi connectivity index (χ1n) is 7.72. The van der Waals surface area contributed by atoms with Crippen LogP contribution in [0, 0.1) is 6.92 Å². The Kier molecular flexibility index (Phi) is 4.77. The molecule has 132 valence electrons. The molecule has 0 radical (unpaired) electrons. The van der Waals surface area contributed by atoms with Crippen LogP contribution in [-0.4, -0.2) is 25.0 Å². The number of aryl methyl sites for hydroxylation is 1. The quantitative estimate of drug-likeness (QED) is 0.664. The molecule has 6 nitrogen and oxygen atoms in total. The lowest BCUT2D eigenvalue weighted by Crippen LogP contribution is -2.54. The molecule has 0 unspecified atom stereocenters. The van der Waals surface area contributed by atoms with Crippen LogP contribution in [-0.2, 0) is 9.59 Å². The first kappa shape index (κ1) is 17.7. The molecule has 3 rings (SSSR count). The van der Waals surface area contributed by atoms with Crippen molar-refractivity contribution in [3.63, 3.8) is 0 Å². The Morgan fingerprint density at radius 2 is 1.77 bits per heavy atom. The van der Waals surface area contributed by atoms with Crippen LogP contribution in [0.3, 0.4) is 0 Å². The van der Waals surface area contributed by atoms with Gasteiger partial charge in [-0.3, -0.25) is 14.9 Å². The molecule has 4 amide bonds. The molecule has 2 aromatic rings. The molecule has 0 bridgehead atoms. The maximum Gasteiger partial charge on any atom is 0.335 e. The number of methoxy groups -OCH3 is 1. The molecule has 26 heavy (non-hydrogen) atoms. The number of imide groups is 2. The average molecular weight is 371 g/mol. The van der Waals surface area contributed by atoms with Gasteiger partial charge in [0, 0.05) is 5.02 Å². The lowest BCUT2D eigenvalue weighted by atomic mass is 10.0. The van der Waals surface area contributed by atoms with Gasteiger partial charge in [-0.2, -0.15) is 0 Å². The Labute approximate surface area is 155 Å². The van der Waals surface area contributed by atoms with Gasteiger partial charge in [0.1, 0.15) is 11.3 Å². The van der Waals surface area contributed by atoms with Gasteiger partial charge < -0.3 is 4.74 Å². The number of urea groups is 1. The zero-order chi connectivity index (χ0) is 18.8. The van der Waals surface area contributed by atoms with Crippen LogP contribution in [0.15, 0.2) is 48.0 Å². The van der Waals surface area contributed by atoms with Crippen LogP contribution in [0.25, 0.3) is 6.08 Å². The summed E-state index contributed by atoms with van der Waals surface area (Å²) in [4.78, 5) is 38.0. The second kappa shape index (κ2) is 7.01. The monoisotopic (exact) mass is 370 g/mol. The van der Waals surface area contributed by atoms with Gasteiger partial charge in [-0.1, -0.05) is 17.7 Å². The van der Waals surface area contributed by atoms with E-state index in [1.807, 2.05) is 6.92 Å². The van der Waals surface area contributed by atoms with Gasteiger partial charge in [-0.25, -0.2) is 9.69 Å². The van der Waals surface area contributed by atoms with Crippen LogP contribution in [0.1, 0.15) is 11.1 Å². The number of halogens is 1. The average Bonchev–Trinajstić information content (AvgIpc) is 2.60. The Morgan fingerprint density at radius 3 is 2.38 bits per heavy atom. The number of barbiturate groups is 1. The van der Waals surface area contributed by atoms with Gasteiger partial charge in [0.05, 0.1) is 12.8 Å². The van der Waals surface area contributed by atoms with E-state index in [0.717, 1.165) is 10.5 Å². The number of benzene rings is 2. The molecule has 1 aliphatic rings. The number of nitrogens with one attached hydrogen (secondary N) is 1. The highest BCUT2D eigenvalue weighted by Gasteiger charge is 2.36. The molecule has 0 spiro atoms. The minimum Gasteiger partial charge on any atom is -0.496 e. The third-order valence-electron chi connectivity index (χ3n) is 3.92. The molecular weight excluding hydrogens is 356 g/mol. The number of hydrogen-bond acceptors (Lipinski definition) is 4. The van der Waals surface area contributed by atoms with Crippen molar-refractivity contribution in [2.75, 3.05) is 12.0 Å². The van der Waals surface area contributed by atoms with Gasteiger partial charge in [-0.15, -0.1) is 0 Å². The number of rotatable bonds is 3. The van der Waals surface area contributed by atoms with E-state index in [4.69, 9.17) is 16.3 Å². The third-order valence-corrected chi connectivity index (χ3v) is 4.17. The van der Waals surface area contributed by atoms with E-state index in [1.54, 1.807) is 37.4 Å². The Bertz CT molecular complexity index is 935. The first-order chi connectivity index (χ1) is 12.4. The first-order valence-corrected chi connectivity index (χ1v) is 8.10. The van der Waals surface area contributed by atoms with Gasteiger partial charge in [0.25, 0.3) is 11.8 Å². The maximum absolute atomic E-state index is 12.8. The molecule has 1 fully saturated rings. The summed E-state index contributed by atoms with van der Waals surface area (Å²) >= 11 is 5.84. The van der Waals surface area contributed by atoms with Crippen molar-refractivity contribution in [2.45, 2.75) is 6.92 Å². The number of amides is 4. The van der Waals surface area contributed by atoms with E-state index in [9.17, 15) is 14.4 Å². The van der Waals surface area contributed by atoms with Crippen molar-refractivity contribution in [3.8, 4) is 5.75 Å². The molecule has 7 heteroatoms. The van der Waals surface area contributed by atoms with Crippen LogP contribution >= 0.6 is 11.6 Å². The van der Waals surface area contributed by atoms with Crippen molar-refractivity contribution in [1.82, 2.24) is 5.32 Å². The summed E-state index contributed by atoms with van der Waals surface area (Å²) in [5.74, 6) is -0.738. The molecule has 1 saturated heterocycles. The normalized spacial score (nSPS) is 16.0. The van der Waals surface area contributed by atoms with Crippen molar-refractivity contribution in [1.29, 1.82) is 0 Å².